The molecule has 8 heteroatoms. The molecular formula is C7H5BClF3O3. The molecule has 3 nitrogen and oxygen atoms in total. The summed E-state index contributed by atoms with van der Waals surface area (Å²) in [5.74, 6) is -0.371. The first-order chi connectivity index (χ1) is 6.79. The van der Waals surface area contributed by atoms with Gasteiger partial charge >= 0.3 is 13.5 Å². The largest absolute Gasteiger partial charge is 0.707 e. The highest BCUT2D eigenvalue weighted by Crippen LogP contribution is 2.33. The van der Waals surface area contributed by atoms with Gasteiger partial charge in [-0.25, -0.2) is 0 Å². The quantitative estimate of drug-likeness (QED) is 0.774. The van der Waals surface area contributed by atoms with E-state index in [1.165, 1.54) is 0 Å². The Kier molecular flexibility index (Phi) is 3.48. The fraction of sp³-hybridized carbons (Fsp3) is 0.143. The van der Waals surface area contributed by atoms with Crippen LogP contribution >= 0.6 is 11.6 Å². The van der Waals surface area contributed by atoms with Gasteiger partial charge in [-0.15, -0.1) is 0 Å². The summed E-state index contributed by atoms with van der Waals surface area (Å²) in [5, 5.41) is 16.6. The zero-order valence-corrected chi connectivity index (χ0v) is 7.88. The molecule has 0 fully saturated rings. The van der Waals surface area contributed by atoms with Gasteiger partial charge in [0.15, 0.2) is 0 Å². The van der Waals surface area contributed by atoms with Gasteiger partial charge in [0.1, 0.15) is 5.75 Å². The summed E-state index contributed by atoms with van der Waals surface area (Å²) in [5.41, 5.74) is -1.02. The topological polar surface area (TPSA) is 49.7 Å². The van der Waals surface area contributed by atoms with Crippen LogP contribution in [0, 0.1) is 0 Å². The number of hydrogen-bond acceptors (Lipinski definition) is 3. The van der Waals surface area contributed by atoms with Crippen LogP contribution in [0.15, 0.2) is 18.2 Å². The molecule has 0 radical (unpaired) electrons. The number of benzene rings is 1. The van der Waals surface area contributed by atoms with Gasteiger partial charge < -0.3 is 14.7 Å². The molecule has 0 saturated carbocycles. The van der Waals surface area contributed by atoms with Gasteiger partial charge in [0.05, 0.1) is 5.56 Å². The van der Waals surface area contributed by atoms with Crippen molar-refractivity contribution in [2.24, 2.45) is 0 Å². The van der Waals surface area contributed by atoms with Crippen molar-refractivity contribution in [3.05, 3.63) is 28.8 Å². The molecule has 0 aliphatic rings. The number of rotatable bonds is 2. The van der Waals surface area contributed by atoms with Crippen molar-refractivity contribution < 1.29 is 27.9 Å². The molecule has 0 aromatic heterocycles. The lowest BCUT2D eigenvalue weighted by atomic mass is 10.2. The summed E-state index contributed by atoms with van der Waals surface area (Å²) in [6.07, 6.45) is -4.57. The molecule has 0 aliphatic carbocycles. The zero-order chi connectivity index (χ0) is 11.6. The van der Waals surface area contributed by atoms with E-state index in [4.69, 9.17) is 21.6 Å². The van der Waals surface area contributed by atoms with Crippen molar-refractivity contribution in [2.45, 2.75) is 6.18 Å². The molecule has 1 rings (SSSR count). The molecule has 0 bridgehead atoms. The van der Waals surface area contributed by atoms with Gasteiger partial charge in [-0.2, -0.15) is 13.2 Å². The van der Waals surface area contributed by atoms with Crippen molar-refractivity contribution >= 4 is 18.9 Å². The highest BCUT2D eigenvalue weighted by molar-refractivity contribution is 6.34. The molecule has 15 heavy (non-hydrogen) atoms. The van der Waals surface area contributed by atoms with Gasteiger partial charge in [-0.1, -0.05) is 11.6 Å². The number of alkyl halides is 3. The van der Waals surface area contributed by atoms with Crippen molar-refractivity contribution in [3.63, 3.8) is 0 Å². The Balaban J connectivity index is 3.06. The third-order valence-electron chi connectivity index (χ3n) is 1.44. The number of halogens is 4. The lowest BCUT2D eigenvalue weighted by Crippen LogP contribution is -2.20. The third kappa shape index (κ3) is 3.62. The predicted molar refractivity (Wildman–Crippen MR) is 47.3 cm³/mol. The van der Waals surface area contributed by atoms with Crippen LogP contribution in [-0.4, -0.2) is 17.4 Å². The van der Waals surface area contributed by atoms with Crippen LogP contribution in [0.4, 0.5) is 13.2 Å². The van der Waals surface area contributed by atoms with Crippen LogP contribution in [0.2, 0.25) is 5.02 Å². The first-order valence-corrected chi connectivity index (χ1v) is 4.07. The first-order valence-electron chi connectivity index (χ1n) is 3.69. The van der Waals surface area contributed by atoms with E-state index in [1.54, 1.807) is 0 Å². The highest BCUT2D eigenvalue weighted by atomic mass is 35.5. The van der Waals surface area contributed by atoms with Gasteiger partial charge in [-0.05, 0) is 18.2 Å². The van der Waals surface area contributed by atoms with Crippen LogP contribution in [-0.2, 0) is 6.18 Å². The molecular weight excluding hydrogens is 235 g/mol. The minimum Gasteiger partial charge on any atom is -0.512 e. The maximum absolute atomic E-state index is 12.2. The molecule has 0 amide bonds. The zero-order valence-electron chi connectivity index (χ0n) is 7.12. The molecule has 0 saturated heterocycles. The summed E-state index contributed by atoms with van der Waals surface area (Å²) < 4.78 is 41.0. The second-order valence-corrected chi connectivity index (χ2v) is 3.05. The number of hydrogen-bond donors (Lipinski definition) is 2. The summed E-state index contributed by atoms with van der Waals surface area (Å²) >= 11 is 5.40. The van der Waals surface area contributed by atoms with E-state index in [9.17, 15) is 13.2 Å². The van der Waals surface area contributed by atoms with Crippen LogP contribution in [0.1, 0.15) is 5.56 Å². The van der Waals surface area contributed by atoms with Crippen molar-refractivity contribution in [3.8, 4) is 5.75 Å². The normalized spacial score (nSPS) is 11.3. The molecule has 2 N–H and O–H groups in total. The van der Waals surface area contributed by atoms with Crippen LogP contribution in [0.25, 0.3) is 0 Å². The first kappa shape index (κ1) is 12.2. The van der Waals surface area contributed by atoms with E-state index in [0.29, 0.717) is 12.1 Å². The van der Waals surface area contributed by atoms with Gasteiger partial charge in [0, 0.05) is 5.02 Å². The molecule has 1 aromatic rings. The highest BCUT2D eigenvalue weighted by Gasteiger charge is 2.31. The van der Waals surface area contributed by atoms with Gasteiger partial charge in [-0.3, -0.25) is 0 Å². The lowest BCUT2D eigenvalue weighted by Gasteiger charge is -2.10. The molecule has 0 unspecified atom stereocenters. The summed E-state index contributed by atoms with van der Waals surface area (Å²) in [4.78, 5) is 0. The Morgan fingerprint density at radius 1 is 1.20 bits per heavy atom. The van der Waals surface area contributed by atoms with Crippen molar-refractivity contribution in [2.75, 3.05) is 0 Å². The lowest BCUT2D eigenvalue weighted by molar-refractivity contribution is -0.137. The average molecular weight is 240 g/mol. The summed E-state index contributed by atoms with van der Waals surface area (Å²) in [6.45, 7) is 0. The van der Waals surface area contributed by atoms with Crippen molar-refractivity contribution in [1.29, 1.82) is 0 Å². The second kappa shape index (κ2) is 4.30. The van der Waals surface area contributed by atoms with E-state index in [2.05, 4.69) is 4.65 Å². The minimum atomic E-state index is -4.57. The predicted octanol–water partition coefficient (Wildman–Crippen LogP) is 1.71. The second-order valence-electron chi connectivity index (χ2n) is 2.62. The standard InChI is InChI=1S/C7H5BClF3O3/c9-5-1-4(7(10,11)12)2-6(3-5)15-8(13)14/h1-3,13-14H. The maximum Gasteiger partial charge on any atom is 0.707 e. The Hall–Kier alpha value is -0.915. The van der Waals surface area contributed by atoms with E-state index >= 15 is 0 Å². The maximum atomic E-state index is 12.2. The van der Waals surface area contributed by atoms with E-state index in [-0.39, 0.29) is 10.8 Å². The Labute approximate surface area is 88.2 Å². The van der Waals surface area contributed by atoms with Gasteiger partial charge in [0.25, 0.3) is 0 Å². The third-order valence-corrected chi connectivity index (χ3v) is 1.66. The monoisotopic (exact) mass is 240 g/mol. The fourth-order valence-electron chi connectivity index (χ4n) is 0.916. The summed E-state index contributed by atoms with van der Waals surface area (Å²) in [6, 6.07) is 2.36. The average Bonchev–Trinajstić information content (AvgIpc) is 1.99. The minimum absolute atomic E-state index is 0.208. The molecule has 82 valence electrons. The SMILES string of the molecule is OB(O)Oc1cc(Cl)cc(C(F)(F)F)c1. The molecule has 1 aromatic carbocycles. The van der Waals surface area contributed by atoms with Crippen molar-refractivity contribution in [1.82, 2.24) is 0 Å². The Morgan fingerprint density at radius 2 is 1.80 bits per heavy atom. The molecule has 0 spiro atoms. The van der Waals surface area contributed by atoms with Crippen LogP contribution in [0.5, 0.6) is 5.75 Å². The van der Waals surface area contributed by atoms with E-state index in [0.717, 1.165) is 6.07 Å². The molecule has 0 aliphatic heterocycles. The summed E-state index contributed by atoms with van der Waals surface area (Å²) in [7, 11) is -2.19. The van der Waals surface area contributed by atoms with Crippen LogP contribution in [0.3, 0.4) is 0 Å². The Morgan fingerprint density at radius 3 is 2.27 bits per heavy atom. The van der Waals surface area contributed by atoms with Gasteiger partial charge in [0.2, 0.25) is 0 Å². The van der Waals surface area contributed by atoms with E-state index in [1.807, 2.05) is 0 Å². The van der Waals surface area contributed by atoms with Crippen LogP contribution < -0.4 is 4.65 Å². The fourth-order valence-corrected chi connectivity index (χ4v) is 1.14. The van der Waals surface area contributed by atoms with E-state index < -0.39 is 19.1 Å². The Bertz CT molecular complexity index is 356. The smallest absolute Gasteiger partial charge is 0.512 e. The molecule has 0 heterocycles. The molecule has 0 atom stereocenters.